The smallest absolute Gasteiger partial charge is 0.314 e. The van der Waals surface area contributed by atoms with E-state index in [9.17, 15) is 9.90 Å². The summed E-state index contributed by atoms with van der Waals surface area (Å²) in [5.41, 5.74) is 0.902. The molecule has 0 spiro atoms. The normalized spacial score (nSPS) is 18.8. The summed E-state index contributed by atoms with van der Waals surface area (Å²) in [5, 5.41) is 16.5. The first-order valence-corrected chi connectivity index (χ1v) is 8.68. The first kappa shape index (κ1) is 17.3. The zero-order valence-electron chi connectivity index (χ0n) is 14.2. The number of urea groups is 1. The van der Waals surface area contributed by atoms with Crippen LogP contribution in [0.15, 0.2) is 54.6 Å². The largest absolute Gasteiger partial charge is 0.493 e. The highest BCUT2D eigenvalue weighted by atomic mass is 16.5. The SMILES string of the molecule is O=C(NCCCc1ccccc1)NCC1(O)CCOc2ccccc21. The van der Waals surface area contributed by atoms with Gasteiger partial charge in [0.2, 0.25) is 0 Å². The van der Waals surface area contributed by atoms with Crippen molar-refractivity contribution >= 4 is 6.03 Å². The van der Waals surface area contributed by atoms with Crippen LogP contribution in [0.25, 0.3) is 0 Å². The summed E-state index contributed by atoms with van der Waals surface area (Å²) in [6, 6.07) is 17.3. The maximum absolute atomic E-state index is 12.0. The molecule has 5 heteroatoms. The Labute approximate surface area is 148 Å². The number of carbonyl (C=O) groups is 1. The van der Waals surface area contributed by atoms with E-state index in [1.54, 1.807) is 0 Å². The van der Waals surface area contributed by atoms with Gasteiger partial charge in [0, 0.05) is 18.5 Å². The molecule has 0 saturated heterocycles. The third-order valence-electron chi connectivity index (χ3n) is 4.47. The van der Waals surface area contributed by atoms with E-state index in [1.165, 1.54) is 5.56 Å². The van der Waals surface area contributed by atoms with Crippen molar-refractivity contribution in [1.29, 1.82) is 0 Å². The number of aliphatic hydroxyl groups is 1. The molecule has 2 aromatic rings. The molecule has 1 atom stereocenters. The minimum Gasteiger partial charge on any atom is -0.493 e. The Morgan fingerprint density at radius 3 is 2.68 bits per heavy atom. The fourth-order valence-electron chi connectivity index (χ4n) is 3.05. The molecule has 2 aromatic carbocycles. The van der Waals surface area contributed by atoms with Crippen LogP contribution in [0.3, 0.4) is 0 Å². The molecule has 1 aliphatic rings. The molecule has 1 unspecified atom stereocenters. The second-order valence-corrected chi connectivity index (χ2v) is 6.32. The fraction of sp³-hybridized carbons (Fsp3) is 0.350. The second kappa shape index (κ2) is 8.03. The predicted molar refractivity (Wildman–Crippen MR) is 96.6 cm³/mol. The van der Waals surface area contributed by atoms with E-state index in [1.807, 2.05) is 42.5 Å². The van der Waals surface area contributed by atoms with Gasteiger partial charge in [-0.1, -0.05) is 48.5 Å². The quantitative estimate of drug-likeness (QED) is 0.708. The molecule has 0 bridgehead atoms. The van der Waals surface area contributed by atoms with Gasteiger partial charge in [0.05, 0.1) is 13.2 Å². The topological polar surface area (TPSA) is 70.6 Å². The number of fused-ring (bicyclic) bond motifs is 1. The summed E-state index contributed by atoms with van der Waals surface area (Å²) in [5.74, 6) is 0.682. The highest BCUT2D eigenvalue weighted by Gasteiger charge is 2.35. The van der Waals surface area contributed by atoms with Crippen LogP contribution in [0.4, 0.5) is 4.79 Å². The molecule has 0 aliphatic carbocycles. The van der Waals surface area contributed by atoms with Gasteiger partial charge in [-0.05, 0) is 24.5 Å². The Hall–Kier alpha value is -2.53. The number of carbonyl (C=O) groups excluding carboxylic acids is 1. The summed E-state index contributed by atoms with van der Waals surface area (Å²) in [4.78, 5) is 12.0. The maximum Gasteiger partial charge on any atom is 0.314 e. The molecule has 3 N–H and O–H groups in total. The zero-order chi connectivity index (χ0) is 17.5. The lowest BCUT2D eigenvalue weighted by Crippen LogP contribution is -2.47. The summed E-state index contributed by atoms with van der Waals surface area (Å²) in [6.07, 6.45) is 2.26. The predicted octanol–water partition coefficient (Wildman–Crippen LogP) is 2.59. The highest BCUT2D eigenvalue weighted by molar-refractivity contribution is 5.73. The fourth-order valence-corrected chi connectivity index (χ4v) is 3.05. The van der Waals surface area contributed by atoms with Crippen LogP contribution in [0.1, 0.15) is 24.0 Å². The van der Waals surface area contributed by atoms with Crippen LogP contribution < -0.4 is 15.4 Å². The number of hydrogen-bond acceptors (Lipinski definition) is 3. The monoisotopic (exact) mass is 340 g/mol. The molecule has 1 aliphatic heterocycles. The van der Waals surface area contributed by atoms with Gasteiger partial charge in [0.25, 0.3) is 0 Å². The van der Waals surface area contributed by atoms with E-state index in [0.29, 0.717) is 25.3 Å². The third kappa shape index (κ3) is 4.51. The van der Waals surface area contributed by atoms with Crippen molar-refractivity contribution in [2.75, 3.05) is 19.7 Å². The van der Waals surface area contributed by atoms with Gasteiger partial charge >= 0.3 is 6.03 Å². The van der Waals surface area contributed by atoms with Crippen LogP contribution in [-0.2, 0) is 12.0 Å². The Balaban J connectivity index is 1.43. The molecular weight excluding hydrogens is 316 g/mol. The van der Waals surface area contributed by atoms with E-state index < -0.39 is 5.60 Å². The average molecular weight is 340 g/mol. The summed E-state index contributed by atoms with van der Waals surface area (Å²) in [7, 11) is 0. The average Bonchev–Trinajstić information content (AvgIpc) is 2.65. The van der Waals surface area contributed by atoms with Crippen LogP contribution in [0, 0.1) is 0 Å². The van der Waals surface area contributed by atoms with Crippen molar-refractivity contribution in [1.82, 2.24) is 10.6 Å². The molecule has 3 rings (SSSR count). The molecule has 2 amide bonds. The van der Waals surface area contributed by atoms with E-state index in [2.05, 4.69) is 22.8 Å². The zero-order valence-corrected chi connectivity index (χ0v) is 14.2. The minimum atomic E-state index is -1.09. The molecule has 1 heterocycles. The number of ether oxygens (including phenoxy) is 1. The van der Waals surface area contributed by atoms with Gasteiger partial charge in [-0.15, -0.1) is 0 Å². The molecule has 0 saturated carbocycles. The molecule has 0 radical (unpaired) electrons. The second-order valence-electron chi connectivity index (χ2n) is 6.32. The van der Waals surface area contributed by atoms with Gasteiger partial charge in [-0.2, -0.15) is 0 Å². The summed E-state index contributed by atoms with van der Waals surface area (Å²) in [6.45, 7) is 1.20. The molecule has 0 fully saturated rings. The van der Waals surface area contributed by atoms with Crippen molar-refractivity contribution < 1.29 is 14.6 Å². The summed E-state index contributed by atoms with van der Waals surface area (Å²) >= 11 is 0. The molecule has 25 heavy (non-hydrogen) atoms. The lowest BCUT2D eigenvalue weighted by molar-refractivity contribution is 0.0000727. The first-order chi connectivity index (χ1) is 12.2. The molecule has 0 aromatic heterocycles. The lowest BCUT2D eigenvalue weighted by atomic mass is 9.88. The van der Waals surface area contributed by atoms with E-state index in [0.717, 1.165) is 18.4 Å². The van der Waals surface area contributed by atoms with Crippen LogP contribution in [0.2, 0.25) is 0 Å². The third-order valence-corrected chi connectivity index (χ3v) is 4.47. The van der Waals surface area contributed by atoms with Crippen LogP contribution >= 0.6 is 0 Å². The lowest BCUT2D eigenvalue weighted by Gasteiger charge is -2.34. The number of rotatable bonds is 6. The van der Waals surface area contributed by atoms with Crippen molar-refractivity contribution in [3.8, 4) is 5.75 Å². The number of nitrogens with one attached hydrogen (secondary N) is 2. The summed E-state index contributed by atoms with van der Waals surface area (Å²) < 4.78 is 5.56. The standard InChI is InChI=1S/C20H24N2O3/c23-19(21-13-6-9-16-7-2-1-3-8-16)22-15-20(24)12-14-25-18-11-5-4-10-17(18)20/h1-5,7-8,10-11,24H,6,9,12-15H2,(H2,21,22,23). The van der Waals surface area contributed by atoms with Gasteiger partial charge in [0.1, 0.15) is 11.4 Å². The van der Waals surface area contributed by atoms with Crippen molar-refractivity contribution in [2.24, 2.45) is 0 Å². The van der Waals surface area contributed by atoms with Crippen LogP contribution in [0.5, 0.6) is 5.75 Å². The Morgan fingerprint density at radius 1 is 1.08 bits per heavy atom. The van der Waals surface area contributed by atoms with E-state index in [4.69, 9.17) is 4.74 Å². The number of benzene rings is 2. The Bertz CT molecular complexity index is 705. The van der Waals surface area contributed by atoms with E-state index >= 15 is 0 Å². The molecular formula is C20H24N2O3. The maximum atomic E-state index is 12.0. The van der Waals surface area contributed by atoms with Gasteiger partial charge in [-0.3, -0.25) is 0 Å². The number of amides is 2. The number of aryl methyl sites for hydroxylation is 1. The van der Waals surface area contributed by atoms with Crippen molar-refractivity contribution in [2.45, 2.75) is 24.9 Å². The van der Waals surface area contributed by atoms with Gasteiger partial charge in [0.15, 0.2) is 0 Å². The Morgan fingerprint density at radius 2 is 1.84 bits per heavy atom. The van der Waals surface area contributed by atoms with E-state index in [-0.39, 0.29) is 12.6 Å². The molecule has 5 nitrogen and oxygen atoms in total. The van der Waals surface area contributed by atoms with Crippen molar-refractivity contribution in [3.63, 3.8) is 0 Å². The minimum absolute atomic E-state index is 0.165. The van der Waals surface area contributed by atoms with Gasteiger partial charge < -0.3 is 20.5 Å². The number of hydrogen-bond donors (Lipinski definition) is 3. The van der Waals surface area contributed by atoms with Crippen LogP contribution in [-0.4, -0.2) is 30.8 Å². The molecule has 132 valence electrons. The highest BCUT2D eigenvalue weighted by Crippen LogP contribution is 2.36. The Kier molecular flexibility index (Phi) is 5.56. The number of para-hydroxylation sites is 1. The first-order valence-electron chi connectivity index (χ1n) is 8.68. The van der Waals surface area contributed by atoms with Crippen molar-refractivity contribution in [3.05, 3.63) is 65.7 Å². The van der Waals surface area contributed by atoms with Gasteiger partial charge in [-0.25, -0.2) is 4.79 Å².